The van der Waals surface area contributed by atoms with Gasteiger partial charge in [-0.05, 0) is 18.2 Å². The van der Waals surface area contributed by atoms with E-state index in [1.165, 1.54) is 18.5 Å². The minimum atomic E-state index is -1.45. The number of hydrogen-bond donors (Lipinski definition) is 1. The predicted molar refractivity (Wildman–Crippen MR) is 42.0 cm³/mol. The van der Waals surface area contributed by atoms with Crippen LogP contribution >= 0.6 is 0 Å². The second-order valence-corrected chi connectivity index (χ2v) is 2.58. The third kappa shape index (κ3) is 0.970. The van der Waals surface area contributed by atoms with Crippen molar-refractivity contribution in [2.45, 2.75) is 5.54 Å². The van der Waals surface area contributed by atoms with E-state index in [-0.39, 0.29) is 5.76 Å². The van der Waals surface area contributed by atoms with Crippen molar-refractivity contribution >= 4 is 5.97 Å². The molecule has 2 heterocycles. The first-order valence-electron chi connectivity index (χ1n) is 3.63. The predicted octanol–water partition coefficient (Wildman–Crippen LogP) is 1.54. The summed E-state index contributed by atoms with van der Waals surface area (Å²) in [6.45, 7) is 0. The van der Waals surface area contributed by atoms with E-state index in [9.17, 15) is 4.79 Å². The molecule has 0 saturated heterocycles. The first-order valence-corrected chi connectivity index (χ1v) is 3.63. The summed E-state index contributed by atoms with van der Waals surface area (Å²) in [5.74, 6) is -0.836. The third-order valence-corrected chi connectivity index (χ3v) is 1.82. The molecule has 0 radical (unpaired) electrons. The monoisotopic (exact) mass is 178 g/mol. The van der Waals surface area contributed by atoms with E-state index in [4.69, 9.17) is 9.52 Å². The zero-order chi connectivity index (χ0) is 9.31. The van der Waals surface area contributed by atoms with Gasteiger partial charge in [-0.25, -0.2) is 4.79 Å². The lowest BCUT2D eigenvalue weighted by molar-refractivity contribution is -0.142. The van der Waals surface area contributed by atoms with E-state index in [1.54, 1.807) is 12.1 Å². The highest BCUT2D eigenvalue weighted by molar-refractivity contribution is 5.83. The van der Waals surface area contributed by atoms with Gasteiger partial charge in [-0.15, -0.1) is 0 Å². The molecule has 2 rings (SSSR count). The molecule has 1 aliphatic heterocycles. The number of nitrogens with zero attached hydrogens (tertiary/aromatic N) is 2. The lowest BCUT2D eigenvalue weighted by atomic mass is 9.98. The normalized spacial score (nSPS) is 25.2. The Kier molecular flexibility index (Phi) is 1.51. The Morgan fingerprint density at radius 3 is 2.92 bits per heavy atom. The Morgan fingerprint density at radius 2 is 2.46 bits per heavy atom. The zero-order valence-electron chi connectivity index (χ0n) is 6.54. The van der Waals surface area contributed by atoms with Gasteiger partial charge in [0.05, 0.1) is 6.26 Å². The molecule has 0 saturated carbocycles. The number of rotatable bonds is 2. The van der Waals surface area contributed by atoms with Crippen LogP contribution in [0.4, 0.5) is 0 Å². The summed E-state index contributed by atoms with van der Waals surface area (Å²) in [6, 6.07) is 3.17. The fourth-order valence-corrected chi connectivity index (χ4v) is 1.15. The van der Waals surface area contributed by atoms with Crippen molar-refractivity contribution < 1.29 is 14.3 Å². The van der Waals surface area contributed by atoms with Crippen molar-refractivity contribution in [1.82, 2.24) is 0 Å². The van der Waals surface area contributed by atoms with Gasteiger partial charge in [-0.1, -0.05) is 0 Å². The average Bonchev–Trinajstić information content (AvgIpc) is 2.75. The van der Waals surface area contributed by atoms with Crippen LogP contribution in [0.25, 0.3) is 0 Å². The van der Waals surface area contributed by atoms with Crippen molar-refractivity contribution in [3.05, 3.63) is 36.4 Å². The second kappa shape index (κ2) is 2.55. The number of aliphatic carboxylic acids is 1. The second-order valence-electron chi connectivity index (χ2n) is 2.58. The minimum absolute atomic E-state index is 0.262. The molecule has 5 nitrogen and oxygen atoms in total. The first-order chi connectivity index (χ1) is 6.26. The van der Waals surface area contributed by atoms with Crippen molar-refractivity contribution in [2.75, 3.05) is 0 Å². The van der Waals surface area contributed by atoms with Gasteiger partial charge in [-0.3, -0.25) is 0 Å². The lowest BCUT2D eigenvalue weighted by Crippen LogP contribution is -2.29. The standard InChI is InChI=1S/C8H6N2O3/c11-7(12)8(3-4-9-10-8)6-2-1-5-13-6/h1-5H,(H,11,12). The van der Waals surface area contributed by atoms with Gasteiger partial charge in [0.25, 0.3) is 5.54 Å². The van der Waals surface area contributed by atoms with Crippen molar-refractivity contribution in [3.8, 4) is 0 Å². The van der Waals surface area contributed by atoms with E-state index in [0.717, 1.165) is 0 Å². The molecule has 66 valence electrons. The number of hydrogen-bond acceptors (Lipinski definition) is 4. The Bertz CT molecular complexity index is 366. The summed E-state index contributed by atoms with van der Waals surface area (Å²) >= 11 is 0. The number of carboxylic acid groups (broad SMARTS) is 1. The van der Waals surface area contributed by atoms with Crippen LogP contribution in [0, 0.1) is 0 Å². The molecular weight excluding hydrogens is 172 g/mol. The maximum absolute atomic E-state index is 11.0. The summed E-state index contributed by atoms with van der Waals surface area (Å²) in [7, 11) is 0. The Balaban J connectivity index is 2.53. The molecule has 0 amide bonds. The molecule has 0 fully saturated rings. The van der Waals surface area contributed by atoms with Crippen LogP contribution in [0.1, 0.15) is 5.76 Å². The van der Waals surface area contributed by atoms with E-state index >= 15 is 0 Å². The minimum Gasteiger partial charge on any atom is -0.479 e. The highest BCUT2D eigenvalue weighted by Crippen LogP contribution is 2.32. The Hall–Kier alpha value is -1.91. The highest BCUT2D eigenvalue weighted by atomic mass is 16.4. The maximum atomic E-state index is 11.0. The van der Waals surface area contributed by atoms with Gasteiger partial charge in [0.2, 0.25) is 0 Å². The molecule has 1 aromatic rings. The molecule has 0 bridgehead atoms. The van der Waals surface area contributed by atoms with Gasteiger partial charge < -0.3 is 9.52 Å². The molecule has 1 unspecified atom stereocenters. The summed E-state index contributed by atoms with van der Waals surface area (Å²) in [6.07, 6.45) is 4.13. The molecular formula is C8H6N2O3. The van der Waals surface area contributed by atoms with Crippen molar-refractivity contribution in [1.29, 1.82) is 0 Å². The number of carboxylic acids is 1. The van der Waals surface area contributed by atoms with Crippen LogP contribution in [-0.4, -0.2) is 11.1 Å². The molecule has 1 aromatic heterocycles. The Morgan fingerprint density at radius 1 is 1.62 bits per heavy atom. The first kappa shape index (κ1) is 7.72. The fraction of sp³-hybridized carbons (Fsp3) is 0.125. The van der Waals surface area contributed by atoms with Crippen LogP contribution in [-0.2, 0) is 10.3 Å². The molecule has 0 aliphatic carbocycles. The highest BCUT2D eigenvalue weighted by Gasteiger charge is 2.43. The summed E-state index contributed by atoms with van der Waals surface area (Å²) < 4.78 is 5.00. The van der Waals surface area contributed by atoms with Crippen LogP contribution < -0.4 is 0 Å². The molecule has 13 heavy (non-hydrogen) atoms. The molecule has 0 aromatic carbocycles. The number of azo groups is 1. The molecule has 1 aliphatic rings. The van der Waals surface area contributed by atoms with E-state index in [0.29, 0.717) is 0 Å². The van der Waals surface area contributed by atoms with Gasteiger partial charge in [-0.2, -0.15) is 10.2 Å². The summed E-state index contributed by atoms with van der Waals surface area (Å²) in [5.41, 5.74) is -1.45. The number of carbonyl (C=O) groups is 1. The smallest absolute Gasteiger partial charge is 0.345 e. The van der Waals surface area contributed by atoms with E-state index < -0.39 is 11.5 Å². The molecule has 1 N–H and O–H groups in total. The van der Waals surface area contributed by atoms with Crippen molar-refractivity contribution in [3.63, 3.8) is 0 Å². The van der Waals surface area contributed by atoms with Gasteiger partial charge in [0.15, 0.2) is 0 Å². The largest absolute Gasteiger partial charge is 0.479 e. The SMILES string of the molecule is O=C(O)C1(c2ccco2)C=CN=N1. The van der Waals surface area contributed by atoms with Gasteiger partial charge >= 0.3 is 5.97 Å². The van der Waals surface area contributed by atoms with Crippen LogP contribution in [0.2, 0.25) is 0 Å². The maximum Gasteiger partial charge on any atom is 0.345 e. The number of furan rings is 1. The molecule has 0 spiro atoms. The van der Waals surface area contributed by atoms with Gasteiger partial charge in [0, 0.05) is 6.20 Å². The summed E-state index contributed by atoms with van der Waals surface area (Å²) in [4.78, 5) is 11.0. The molecule has 1 atom stereocenters. The van der Waals surface area contributed by atoms with Crippen LogP contribution in [0.3, 0.4) is 0 Å². The average molecular weight is 178 g/mol. The lowest BCUT2D eigenvalue weighted by Gasteiger charge is -2.13. The fourth-order valence-electron chi connectivity index (χ4n) is 1.15. The van der Waals surface area contributed by atoms with Crippen molar-refractivity contribution in [2.24, 2.45) is 10.2 Å². The quantitative estimate of drug-likeness (QED) is 0.746. The van der Waals surface area contributed by atoms with Gasteiger partial charge in [0.1, 0.15) is 5.76 Å². The van der Waals surface area contributed by atoms with Crippen LogP contribution in [0.5, 0.6) is 0 Å². The Labute approximate surface area is 73.4 Å². The zero-order valence-corrected chi connectivity index (χ0v) is 6.54. The topological polar surface area (TPSA) is 75.2 Å². The van der Waals surface area contributed by atoms with E-state index in [2.05, 4.69) is 10.2 Å². The third-order valence-electron chi connectivity index (χ3n) is 1.82. The molecule has 5 heteroatoms. The van der Waals surface area contributed by atoms with E-state index in [1.807, 2.05) is 0 Å². The summed E-state index contributed by atoms with van der Waals surface area (Å²) in [5, 5.41) is 16.1. The van der Waals surface area contributed by atoms with Crippen LogP contribution in [0.15, 0.2) is 45.3 Å².